The molecule has 0 bridgehead atoms. The highest BCUT2D eigenvalue weighted by Crippen LogP contribution is 2.23. The second-order valence-corrected chi connectivity index (χ2v) is 5.15. The summed E-state index contributed by atoms with van der Waals surface area (Å²) in [7, 11) is 0. The molecule has 3 heteroatoms. The first kappa shape index (κ1) is 12.4. The van der Waals surface area contributed by atoms with Crippen LogP contribution in [0.25, 0.3) is 16.7 Å². The Morgan fingerprint density at radius 3 is 2.45 bits per heavy atom. The molecule has 0 amide bonds. The summed E-state index contributed by atoms with van der Waals surface area (Å²) in [6, 6.07) is 12.3. The number of aryl methyl sites for hydroxylation is 3. The number of aromatic nitrogens is 2. The molecular weight excluding hydrogens is 246 g/mol. The number of rotatable bonds is 1. The van der Waals surface area contributed by atoms with Crippen LogP contribution in [0, 0.1) is 32.1 Å². The lowest BCUT2D eigenvalue weighted by atomic mass is 10.1. The fraction of sp³-hybridized carbons (Fsp3) is 0.176. The Hall–Kier alpha value is -2.60. The van der Waals surface area contributed by atoms with Crippen LogP contribution in [0.2, 0.25) is 0 Å². The smallest absolute Gasteiger partial charge is 0.100 e. The Balaban J connectivity index is 2.22. The highest BCUT2D eigenvalue weighted by atomic mass is 15.0. The van der Waals surface area contributed by atoms with Crippen molar-refractivity contribution in [3.8, 4) is 11.8 Å². The third kappa shape index (κ3) is 1.86. The third-order valence-corrected chi connectivity index (χ3v) is 3.77. The van der Waals surface area contributed by atoms with Crippen LogP contribution in [-0.2, 0) is 0 Å². The molecule has 0 spiro atoms. The highest BCUT2D eigenvalue weighted by molar-refractivity contribution is 5.79. The topological polar surface area (TPSA) is 41.6 Å². The molecule has 0 aliphatic carbocycles. The first-order valence-electron chi connectivity index (χ1n) is 6.55. The Morgan fingerprint density at radius 1 is 1.00 bits per heavy atom. The zero-order chi connectivity index (χ0) is 14.3. The summed E-state index contributed by atoms with van der Waals surface area (Å²) in [5.41, 5.74) is 7.32. The van der Waals surface area contributed by atoms with Crippen LogP contribution in [0.5, 0.6) is 0 Å². The van der Waals surface area contributed by atoms with Crippen LogP contribution in [0.3, 0.4) is 0 Å². The zero-order valence-electron chi connectivity index (χ0n) is 11.8. The maximum Gasteiger partial charge on any atom is 0.100 e. The molecule has 0 radical (unpaired) electrons. The molecule has 98 valence electrons. The van der Waals surface area contributed by atoms with Gasteiger partial charge >= 0.3 is 0 Å². The molecule has 0 N–H and O–H groups in total. The lowest BCUT2D eigenvalue weighted by Crippen LogP contribution is -1.94. The minimum atomic E-state index is 0.713. The lowest BCUT2D eigenvalue weighted by Gasteiger charge is -2.07. The average molecular weight is 261 g/mol. The minimum absolute atomic E-state index is 0.713. The van der Waals surface area contributed by atoms with Crippen molar-refractivity contribution in [2.24, 2.45) is 0 Å². The van der Waals surface area contributed by atoms with E-state index in [1.807, 2.05) is 31.5 Å². The summed E-state index contributed by atoms with van der Waals surface area (Å²) in [5.74, 6) is 0. The predicted molar refractivity (Wildman–Crippen MR) is 80.0 cm³/mol. The molecule has 1 heterocycles. The molecule has 20 heavy (non-hydrogen) atoms. The van der Waals surface area contributed by atoms with Crippen molar-refractivity contribution in [2.45, 2.75) is 20.8 Å². The molecule has 0 unspecified atom stereocenters. The van der Waals surface area contributed by atoms with Gasteiger partial charge in [0.15, 0.2) is 0 Å². The summed E-state index contributed by atoms with van der Waals surface area (Å²) >= 11 is 0. The van der Waals surface area contributed by atoms with Crippen LogP contribution in [-0.4, -0.2) is 9.55 Å². The van der Waals surface area contributed by atoms with Gasteiger partial charge in [-0.3, -0.25) is 4.57 Å². The molecule has 3 rings (SSSR count). The fourth-order valence-electron chi connectivity index (χ4n) is 2.39. The van der Waals surface area contributed by atoms with Gasteiger partial charge in [0.1, 0.15) is 6.33 Å². The summed E-state index contributed by atoms with van der Waals surface area (Å²) in [6.45, 7) is 6.16. The van der Waals surface area contributed by atoms with E-state index in [4.69, 9.17) is 5.26 Å². The van der Waals surface area contributed by atoms with Crippen LogP contribution in [0.4, 0.5) is 0 Å². The molecule has 2 aromatic carbocycles. The van der Waals surface area contributed by atoms with Gasteiger partial charge in [-0.25, -0.2) is 4.98 Å². The Bertz CT molecular complexity index is 851. The van der Waals surface area contributed by atoms with E-state index >= 15 is 0 Å². The van der Waals surface area contributed by atoms with Crippen LogP contribution >= 0.6 is 0 Å². The number of hydrogen-bond donors (Lipinski definition) is 0. The zero-order valence-corrected chi connectivity index (χ0v) is 11.8. The number of hydrogen-bond acceptors (Lipinski definition) is 2. The summed E-state index contributed by atoms with van der Waals surface area (Å²) < 4.78 is 2.07. The number of benzene rings is 2. The third-order valence-electron chi connectivity index (χ3n) is 3.77. The normalized spacial score (nSPS) is 10.7. The predicted octanol–water partition coefficient (Wildman–Crippen LogP) is 3.82. The van der Waals surface area contributed by atoms with Gasteiger partial charge in [-0.1, -0.05) is 0 Å². The van der Waals surface area contributed by atoms with Gasteiger partial charge in [0.05, 0.1) is 22.7 Å². The SMILES string of the molecule is Cc1cc2ncn(-c3ccc(C#N)c(C)c3)c2cc1C. The van der Waals surface area contributed by atoms with E-state index in [9.17, 15) is 0 Å². The van der Waals surface area contributed by atoms with Gasteiger partial charge in [-0.15, -0.1) is 0 Å². The fourth-order valence-corrected chi connectivity index (χ4v) is 2.39. The van der Waals surface area contributed by atoms with E-state index in [-0.39, 0.29) is 0 Å². The first-order chi connectivity index (χ1) is 9.60. The van der Waals surface area contributed by atoms with Gasteiger partial charge in [0.25, 0.3) is 0 Å². The molecule has 3 aromatic rings. The van der Waals surface area contributed by atoms with Crippen molar-refractivity contribution >= 4 is 11.0 Å². The van der Waals surface area contributed by atoms with Crippen molar-refractivity contribution < 1.29 is 0 Å². The van der Waals surface area contributed by atoms with Crippen LogP contribution in [0.15, 0.2) is 36.7 Å². The highest BCUT2D eigenvalue weighted by Gasteiger charge is 2.08. The summed E-state index contributed by atoms with van der Waals surface area (Å²) in [5, 5.41) is 9.01. The van der Waals surface area contributed by atoms with E-state index < -0.39 is 0 Å². The quantitative estimate of drug-likeness (QED) is 0.668. The van der Waals surface area contributed by atoms with Crippen molar-refractivity contribution in [3.05, 3.63) is 58.9 Å². The van der Waals surface area contributed by atoms with E-state index in [1.54, 1.807) is 0 Å². The van der Waals surface area contributed by atoms with Gasteiger partial charge < -0.3 is 0 Å². The summed E-state index contributed by atoms with van der Waals surface area (Å²) in [4.78, 5) is 4.47. The number of fused-ring (bicyclic) bond motifs is 1. The van der Waals surface area contributed by atoms with E-state index in [0.717, 1.165) is 22.3 Å². The Kier molecular flexibility index (Phi) is 2.80. The standard InChI is InChI=1S/C17H15N3/c1-11-7-16-17(8-12(11)2)20(10-19-16)15-5-4-14(9-18)13(3)6-15/h4-8,10H,1-3H3. The van der Waals surface area contributed by atoms with E-state index in [1.165, 1.54) is 11.1 Å². The molecule has 1 aromatic heterocycles. The number of imidazole rings is 1. The van der Waals surface area contributed by atoms with E-state index in [2.05, 4.69) is 41.6 Å². The molecule has 0 fully saturated rings. The molecule has 0 aliphatic rings. The summed E-state index contributed by atoms with van der Waals surface area (Å²) in [6.07, 6.45) is 1.84. The van der Waals surface area contributed by atoms with Gasteiger partial charge in [0, 0.05) is 5.69 Å². The average Bonchev–Trinajstić information content (AvgIpc) is 2.82. The monoisotopic (exact) mass is 261 g/mol. The Morgan fingerprint density at radius 2 is 1.75 bits per heavy atom. The van der Waals surface area contributed by atoms with Gasteiger partial charge in [0.2, 0.25) is 0 Å². The molecule has 0 aliphatic heterocycles. The second kappa shape index (κ2) is 4.50. The van der Waals surface area contributed by atoms with Gasteiger partial charge in [-0.2, -0.15) is 5.26 Å². The van der Waals surface area contributed by atoms with Crippen molar-refractivity contribution in [1.29, 1.82) is 5.26 Å². The maximum absolute atomic E-state index is 9.01. The number of nitrogens with zero attached hydrogens (tertiary/aromatic N) is 3. The molecule has 0 atom stereocenters. The van der Waals surface area contributed by atoms with Crippen molar-refractivity contribution in [2.75, 3.05) is 0 Å². The first-order valence-corrected chi connectivity index (χ1v) is 6.55. The van der Waals surface area contributed by atoms with Crippen LogP contribution in [0.1, 0.15) is 22.3 Å². The molecular formula is C17H15N3. The van der Waals surface area contributed by atoms with Crippen LogP contribution < -0.4 is 0 Å². The Labute approximate surface area is 118 Å². The van der Waals surface area contributed by atoms with E-state index in [0.29, 0.717) is 5.56 Å². The largest absolute Gasteiger partial charge is 0.299 e. The molecule has 0 saturated heterocycles. The second-order valence-electron chi connectivity index (χ2n) is 5.15. The molecule has 0 saturated carbocycles. The van der Waals surface area contributed by atoms with Crippen molar-refractivity contribution in [3.63, 3.8) is 0 Å². The van der Waals surface area contributed by atoms with Gasteiger partial charge in [-0.05, 0) is 67.8 Å². The number of nitriles is 1. The lowest BCUT2D eigenvalue weighted by molar-refractivity contribution is 1.08. The maximum atomic E-state index is 9.01. The van der Waals surface area contributed by atoms with Crippen molar-refractivity contribution in [1.82, 2.24) is 9.55 Å². The molecule has 3 nitrogen and oxygen atoms in total. The minimum Gasteiger partial charge on any atom is -0.299 e.